The summed E-state index contributed by atoms with van der Waals surface area (Å²) in [6.07, 6.45) is 1.04. The number of carbonyl (C=O) groups is 1. The smallest absolute Gasteiger partial charge is 0.338 e. The van der Waals surface area contributed by atoms with E-state index in [1.54, 1.807) is 43.3 Å². The van der Waals surface area contributed by atoms with Crippen molar-refractivity contribution in [1.82, 2.24) is 15.0 Å². The van der Waals surface area contributed by atoms with Crippen molar-refractivity contribution in [2.75, 3.05) is 5.32 Å². The second-order valence-electron chi connectivity index (χ2n) is 7.82. The van der Waals surface area contributed by atoms with Gasteiger partial charge >= 0.3 is 5.97 Å². The van der Waals surface area contributed by atoms with Crippen molar-refractivity contribution in [3.05, 3.63) is 114 Å². The Morgan fingerprint density at radius 1 is 0.853 bits per heavy atom. The predicted molar refractivity (Wildman–Crippen MR) is 130 cm³/mol. The maximum Gasteiger partial charge on any atom is 0.338 e. The first-order valence-corrected chi connectivity index (χ1v) is 10.7. The Balaban J connectivity index is 1.57. The third-order valence-corrected chi connectivity index (χ3v) is 4.90. The molecule has 0 aliphatic rings. The first-order chi connectivity index (χ1) is 16.4. The molecule has 3 aromatic carbocycles. The van der Waals surface area contributed by atoms with E-state index in [4.69, 9.17) is 4.74 Å². The van der Waals surface area contributed by atoms with Gasteiger partial charge in [0.1, 0.15) is 23.1 Å². The number of ether oxygens (including phenoxy) is 1. The van der Waals surface area contributed by atoms with Crippen LogP contribution in [0.4, 0.5) is 11.6 Å². The molecule has 7 nitrogen and oxygen atoms in total. The highest BCUT2D eigenvalue weighted by atomic mass is 16.5. The molecule has 0 aliphatic carbocycles. The van der Waals surface area contributed by atoms with Crippen molar-refractivity contribution in [2.45, 2.75) is 19.8 Å². The fraction of sp³-hybridized carbons (Fsp3) is 0.111. The highest BCUT2D eigenvalue weighted by Gasteiger charge is 2.10. The number of anilines is 2. The van der Waals surface area contributed by atoms with Gasteiger partial charge < -0.3 is 15.2 Å². The number of aromatic nitrogens is 3. The molecule has 4 rings (SSSR count). The molecule has 2 N–H and O–H groups in total. The molecule has 0 amide bonds. The number of hydrogen-bond donors (Lipinski definition) is 2. The number of hydrogen-bond acceptors (Lipinski definition) is 7. The van der Waals surface area contributed by atoms with Gasteiger partial charge in [-0.15, -0.1) is 0 Å². The maximum atomic E-state index is 11.7. The number of rotatable bonds is 8. The van der Waals surface area contributed by atoms with Crippen LogP contribution in [0.5, 0.6) is 11.5 Å². The minimum Gasteiger partial charge on any atom is -0.508 e. The van der Waals surface area contributed by atoms with Gasteiger partial charge in [-0.1, -0.05) is 49.0 Å². The summed E-state index contributed by atoms with van der Waals surface area (Å²) in [5.74, 6) is 1.85. The first-order valence-electron chi connectivity index (χ1n) is 10.7. The minimum absolute atomic E-state index is 0.184. The lowest BCUT2D eigenvalue weighted by Gasteiger charge is -2.10. The van der Waals surface area contributed by atoms with Crippen LogP contribution in [-0.2, 0) is 17.6 Å². The van der Waals surface area contributed by atoms with Crippen LogP contribution in [0.3, 0.4) is 0 Å². The lowest BCUT2D eigenvalue weighted by atomic mass is 10.1. The van der Waals surface area contributed by atoms with E-state index < -0.39 is 5.97 Å². The summed E-state index contributed by atoms with van der Waals surface area (Å²) in [6, 6.07) is 23.9. The van der Waals surface area contributed by atoms with Crippen molar-refractivity contribution in [3.8, 4) is 11.5 Å². The number of phenols is 1. The third kappa shape index (κ3) is 6.26. The van der Waals surface area contributed by atoms with Gasteiger partial charge in [0.05, 0.1) is 0 Å². The predicted octanol–water partition coefficient (Wildman–Crippen LogP) is 4.98. The molecule has 1 aromatic heterocycles. The van der Waals surface area contributed by atoms with E-state index in [0.717, 1.165) is 16.8 Å². The Hall–Kier alpha value is -4.52. The topological polar surface area (TPSA) is 97.2 Å². The number of benzene rings is 3. The first kappa shape index (κ1) is 22.7. The van der Waals surface area contributed by atoms with Crippen LogP contribution < -0.4 is 10.1 Å². The van der Waals surface area contributed by atoms with Gasteiger partial charge in [-0.05, 0) is 54.4 Å². The number of aromatic hydroxyl groups is 1. The summed E-state index contributed by atoms with van der Waals surface area (Å²) >= 11 is 0. The van der Waals surface area contributed by atoms with Crippen molar-refractivity contribution in [2.24, 2.45) is 0 Å². The number of phenolic OH excluding ortho intramolecular Hbond substituents is 1. The van der Waals surface area contributed by atoms with Gasteiger partial charge in [-0.25, -0.2) is 9.78 Å². The van der Waals surface area contributed by atoms with E-state index in [-0.39, 0.29) is 5.75 Å². The van der Waals surface area contributed by atoms with Crippen LogP contribution in [0.25, 0.3) is 0 Å². The molecule has 0 radical (unpaired) electrons. The Morgan fingerprint density at radius 2 is 1.44 bits per heavy atom. The number of esters is 1. The molecule has 7 heteroatoms. The largest absolute Gasteiger partial charge is 0.508 e. The summed E-state index contributed by atoms with van der Waals surface area (Å²) in [7, 11) is 0. The standard InChI is InChI=1S/C27H24N4O3/c1-18(2)26(33)34-23-14-8-20(9-15-23)17-25-29-24(16-19-6-4-3-5-7-19)30-27(31-25)28-21-10-12-22(32)13-11-21/h3-15,32H,1,16-17H2,2H3,(H,28,29,30,31). The molecule has 0 atom stereocenters. The Kier molecular flexibility index (Phi) is 6.93. The molecule has 4 aromatic rings. The monoisotopic (exact) mass is 452 g/mol. The molecule has 34 heavy (non-hydrogen) atoms. The van der Waals surface area contributed by atoms with Crippen LogP contribution in [0.15, 0.2) is 91.0 Å². The molecule has 0 saturated heterocycles. The minimum atomic E-state index is -0.458. The van der Waals surface area contributed by atoms with E-state index >= 15 is 0 Å². The Morgan fingerprint density at radius 3 is 2.03 bits per heavy atom. The summed E-state index contributed by atoms with van der Waals surface area (Å²) in [4.78, 5) is 25.6. The third-order valence-electron chi connectivity index (χ3n) is 4.90. The second kappa shape index (κ2) is 10.4. The second-order valence-corrected chi connectivity index (χ2v) is 7.82. The van der Waals surface area contributed by atoms with E-state index in [1.807, 2.05) is 42.5 Å². The molecular formula is C27H24N4O3. The van der Waals surface area contributed by atoms with Gasteiger partial charge in [0.2, 0.25) is 5.95 Å². The number of carbonyl (C=O) groups excluding carboxylic acids is 1. The molecule has 0 spiro atoms. The van der Waals surface area contributed by atoms with Gasteiger partial charge in [0, 0.05) is 24.1 Å². The van der Waals surface area contributed by atoms with Gasteiger partial charge in [-0.3, -0.25) is 0 Å². The Bertz CT molecular complexity index is 1290. The average molecular weight is 453 g/mol. The molecule has 0 bridgehead atoms. The summed E-state index contributed by atoms with van der Waals surface area (Å²) < 4.78 is 5.25. The molecule has 1 heterocycles. The zero-order valence-corrected chi connectivity index (χ0v) is 18.7. The van der Waals surface area contributed by atoms with Crippen molar-refractivity contribution < 1.29 is 14.6 Å². The average Bonchev–Trinajstić information content (AvgIpc) is 2.82. The molecule has 0 saturated carbocycles. The van der Waals surface area contributed by atoms with Crippen LogP contribution in [0, 0.1) is 0 Å². The number of nitrogens with zero attached hydrogens (tertiary/aromatic N) is 3. The maximum absolute atomic E-state index is 11.7. The molecule has 0 unspecified atom stereocenters. The van der Waals surface area contributed by atoms with E-state index in [0.29, 0.717) is 41.8 Å². The molecule has 170 valence electrons. The van der Waals surface area contributed by atoms with Crippen LogP contribution in [0.2, 0.25) is 0 Å². The highest BCUT2D eigenvalue weighted by Crippen LogP contribution is 2.19. The van der Waals surface area contributed by atoms with Crippen LogP contribution >= 0.6 is 0 Å². The molecule has 0 fully saturated rings. The zero-order chi connectivity index (χ0) is 23.9. The highest BCUT2D eigenvalue weighted by molar-refractivity contribution is 5.88. The van der Waals surface area contributed by atoms with Gasteiger partial charge in [0.25, 0.3) is 0 Å². The number of nitrogens with one attached hydrogen (secondary N) is 1. The summed E-state index contributed by atoms with van der Waals surface area (Å²) in [5, 5.41) is 12.7. The summed E-state index contributed by atoms with van der Waals surface area (Å²) in [5.41, 5.74) is 3.15. The molecule has 0 aliphatic heterocycles. The van der Waals surface area contributed by atoms with Crippen molar-refractivity contribution in [1.29, 1.82) is 0 Å². The molecular weight excluding hydrogens is 428 g/mol. The van der Waals surface area contributed by atoms with Crippen molar-refractivity contribution >= 4 is 17.6 Å². The lowest BCUT2D eigenvalue weighted by Crippen LogP contribution is -2.09. The fourth-order valence-corrected chi connectivity index (χ4v) is 3.19. The van der Waals surface area contributed by atoms with Crippen LogP contribution in [0.1, 0.15) is 29.7 Å². The lowest BCUT2D eigenvalue weighted by molar-refractivity contribution is -0.130. The van der Waals surface area contributed by atoms with Gasteiger partial charge in [0.15, 0.2) is 0 Å². The summed E-state index contributed by atoms with van der Waals surface area (Å²) in [6.45, 7) is 5.20. The quantitative estimate of drug-likeness (QED) is 0.168. The fourth-order valence-electron chi connectivity index (χ4n) is 3.19. The Labute approximate surface area is 197 Å². The van der Waals surface area contributed by atoms with E-state index in [9.17, 15) is 9.90 Å². The zero-order valence-electron chi connectivity index (χ0n) is 18.7. The van der Waals surface area contributed by atoms with Crippen molar-refractivity contribution in [3.63, 3.8) is 0 Å². The normalized spacial score (nSPS) is 10.5. The van der Waals surface area contributed by atoms with E-state index in [2.05, 4.69) is 26.8 Å². The van der Waals surface area contributed by atoms with Gasteiger partial charge in [-0.2, -0.15) is 9.97 Å². The van der Waals surface area contributed by atoms with Crippen LogP contribution in [-0.4, -0.2) is 26.0 Å². The SMILES string of the molecule is C=C(C)C(=O)Oc1ccc(Cc2nc(Cc3ccccc3)nc(Nc3ccc(O)cc3)n2)cc1. The van der Waals surface area contributed by atoms with E-state index in [1.165, 1.54) is 0 Å².